The Kier molecular flexibility index (Phi) is 7.35. The third kappa shape index (κ3) is 5.15. The number of amides is 2. The van der Waals surface area contributed by atoms with Gasteiger partial charge >= 0.3 is 0 Å². The number of carbonyl (C=O) groups is 2. The number of nitrogens with zero attached hydrogens (tertiary/aromatic N) is 2. The van der Waals surface area contributed by atoms with Crippen LogP contribution in [0.5, 0.6) is 0 Å². The van der Waals surface area contributed by atoms with Crippen LogP contribution < -0.4 is 5.32 Å². The number of nitrogens with one attached hydrogen (secondary N) is 1. The van der Waals surface area contributed by atoms with Crippen LogP contribution in [0.4, 0.5) is 5.69 Å². The molecule has 0 saturated carbocycles. The van der Waals surface area contributed by atoms with Crippen molar-refractivity contribution in [1.29, 1.82) is 0 Å². The Hall–Kier alpha value is -2.19. The Morgan fingerprint density at radius 2 is 2.08 bits per heavy atom. The van der Waals surface area contributed by atoms with Gasteiger partial charge in [0.1, 0.15) is 0 Å². The fraction of sp³-hybridized carbons (Fsp3) is 0.529. The number of carbonyl (C=O) groups excluding carboxylic acids is 2. The molecule has 0 aliphatic carbocycles. The molecular weight excluding hydrogens is 362 g/mol. The first-order valence-electron chi connectivity index (χ1n) is 8.44. The molecule has 0 atom stereocenters. The number of non-ortho nitro benzene ring substituents is 1. The van der Waals surface area contributed by atoms with E-state index < -0.39 is 4.92 Å². The minimum absolute atomic E-state index is 0.00145. The quantitative estimate of drug-likeness (QED) is 0.442. The average Bonchev–Trinajstić information content (AvgIpc) is 2.64. The van der Waals surface area contributed by atoms with Crippen molar-refractivity contribution in [3.8, 4) is 0 Å². The van der Waals surface area contributed by atoms with Crippen molar-refractivity contribution in [1.82, 2.24) is 10.2 Å². The Labute approximate surface area is 156 Å². The molecule has 0 aromatic heterocycles. The van der Waals surface area contributed by atoms with Crippen molar-refractivity contribution >= 4 is 29.1 Å². The van der Waals surface area contributed by atoms with Crippen LogP contribution in [0.1, 0.15) is 29.6 Å². The van der Waals surface area contributed by atoms with E-state index in [1.807, 2.05) is 0 Å². The van der Waals surface area contributed by atoms with Crippen molar-refractivity contribution in [2.45, 2.75) is 19.3 Å². The second-order valence-electron chi connectivity index (χ2n) is 6.13. The highest BCUT2D eigenvalue weighted by Crippen LogP contribution is 2.26. The Balaban J connectivity index is 1.88. The Morgan fingerprint density at radius 1 is 1.38 bits per heavy atom. The standard InChI is InChI=1S/C17H22ClN3O5/c1-26-10-2-7-19-16(22)12-5-8-20(9-6-12)17(23)14-4-3-13(21(24)25)11-15(14)18/h3-4,11-12H,2,5-10H2,1H3,(H,19,22). The summed E-state index contributed by atoms with van der Waals surface area (Å²) in [6.07, 6.45) is 1.91. The van der Waals surface area contributed by atoms with Crippen LogP contribution in [0.25, 0.3) is 0 Å². The van der Waals surface area contributed by atoms with Crippen LogP contribution in [0.15, 0.2) is 18.2 Å². The van der Waals surface area contributed by atoms with E-state index in [1.165, 1.54) is 18.2 Å². The summed E-state index contributed by atoms with van der Waals surface area (Å²) in [6.45, 7) is 2.07. The minimum Gasteiger partial charge on any atom is -0.385 e. The molecule has 0 spiro atoms. The molecule has 1 heterocycles. The maximum atomic E-state index is 12.6. The van der Waals surface area contributed by atoms with Crippen molar-refractivity contribution in [2.24, 2.45) is 5.92 Å². The molecule has 1 saturated heterocycles. The molecule has 1 aromatic carbocycles. The highest BCUT2D eigenvalue weighted by molar-refractivity contribution is 6.34. The third-order valence-electron chi connectivity index (χ3n) is 4.37. The molecule has 2 amide bonds. The van der Waals surface area contributed by atoms with Crippen LogP contribution in [-0.2, 0) is 9.53 Å². The number of nitro benzene ring substituents is 1. The molecule has 1 aliphatic heterocycles. The number of hydrogen-bond donors (Lipinski definition) is 1. The highest BCUT2D eigenvalue weighted by Gasteiger charge is 2.28. The number of benzene rings is 1. The van der Waals surface area contributed by atoms with Gasteiger partial charge in [-0.2, -0.15) is 0 Å². The lowest BCUT2D eigenvalue weighted by Gasteiger charge is -2.31. The van der Waals surface area contributed by atoms with Crippen LogP contribution in [0, 0.1) is 16.0 Å². The molecule has 0 unspecified atom stereocenters. The molecule has 8 nitrogen and oxygen atoms in total. The predicted octanol–water partition coefficient (Wildman–Crippen LogP) is 2.25. The minimum atomic E-state index is -0.559. The molecule has 2 rings (SSSR count). The zero-order valence-corrected chi connectivity index (χ0v) is 15.3. The Bertz CT molecular complexity index is 674. The molecule has 0 radical (unpaired) electrons. The summed E-state index contributed by atoms with van der Waals surface area (Å²) < 4.78 is 4.94. The van der Waals surface area contributed by atoms with E-state index in [4.69, 9.17) is 16.3 Å². The number of likely N-dealkylation sites (tertiary alicyclic amines) is 1. The summed E-state index contributed by atoms with van der Waals surface area (Å²) in [7, 11) is 1.62. The lowest BCUT2D eigenvalue weighted by Crippen LogP contribution is -2.43. The van der Waals surface area contributed by atoms with E-state index in [-0.39, 0.29) is 34.0 Å². The van der Waals surface area contributed by atoms with Gasteiger partial charge in [0.05, 0.1) is 15.5 Å². The van der Waals surface area contributed by atoms with Gasteiger partial charge in [0.15, 0.2) is 0 Å². The SMILES string of the molecule is COCCCNC(=O)C1CCN(C(=O)c2ccc([N+](=O)[O-])cc2Cl)CC1. The maximum absolute atomic E-state index is 12.6. The lowest BCUT2D eigenvalue weighted by molar-refractivity contribution is -0.384. The monoisotopic (exact) mass is 383 g/mol. The Morgan fingerprint density at radius 3 is 2.65 bits per heavy atom. The number of ether oxygens (including phenoxy) is 1. The second kappa shape index (κ2) is 9.49. The molecule has 26 heavy (non-hydrogen) atoms. The number of methoxy groups -OCH3 is 1. The molecule has 1 aromatic rings. The van der Waals surface area contributed by atoms with E-state index in [2.05, 4.69) is 5.32 Å². The largest absolute Gasteiger partial charge is 0.385 e. The van der Waals surface area contributed by atoms with Gasteiger partial charge in [0.25, 0.3) is 11.6 Å². The van der Waals surface area contributed by atoms with Crippen LogP contribution in [-0.4, -0.2) is 55.0 Å². The van der Waals surface area contributed by atoms with Crippen molar-refractivity contribution in [2.75, 3.05) is 33.4 Å². The summed E-state index contributed by atoms with van der Waals surface area (Å²) in [5.41, 5.74) is 0.0788. The molecule has 0 bridgehead atoms. The van der Waals surface area contributed by atoms with Gasteiger partial charge in [-0.25, -0.2) is 0 Å². The van der Waals surface area contributed by atoms with Gasteiger partial charge in [0, 0.05) is 51.4 Å². The van der Waals surface area contributed by atoms with Crippen LogP contribution >= 0.6 is 11.6 Å². The second-order valence-corrected chi connectivity index (χ2v) is 6.53. The molecule has 1 N–H and O–H groups in total. The highest BCUT2D eigenvalue weighted by atomic mass is 35.5. The molecule has 142 valence electrons. The van der Waals surface area contributed by atoms with Crippen molar-refractivity contribution in [3.63, 3.8) is 0 Å². The molecule has 9 heteroatoms. The maximum Gasteiger partial charge on any atom is 0.270 e. The summed E-state index contributed by atoms with van der Waals surface area (Å²) in [5, 5.41) is 13.7. The van der Waals surface area contributed by atoms with E-state index >= 15 is 0 Å². The summed E-state index contributed by atoms with van der Waals surface area (Å²) >= 11 is 6.02. The number of rotatable bonds is 7. The number of halogens is 1. The van der Waals surface area contributed by atoms with E-state index in [0.29, 0.717) is 39.1 Å². The van der Waals surface area contributed by atoms with E-state index in [0.717, 1.165) is 6.42 Å². The fourth-order valence-electron chi connectivity index (χ4n) is 2.88. The number of piperidine rings is 1. The molecule has 1 aliphatic rings. The van der Waals surface area contributed by atoms with Crippen LogP contribution in [0.2, 0.25) is 5.02 Å². The van der Waals surface area contributed by atoms with Crippen molar-refractivity contribution < 1.29 is 19.2 Å². The van der Waals surface area contributed by atoms with E-state index in [9.17, 15) is 19.7 Å². The first-order chi connectivity index (χ1) is 12.4. The van der Waals surface area contributed by atoms with Gasteiger partial charge in [-0.15, -0.1) is 0 Å². The van der Waals surface area contributed by atoms with Gasteiger partial charge in [-0.3, -0.25) is 19.7 Å². The first-order valence-corrected chi connectivity index (χ1v) is 8.81. The smallest absolute Gasteiger partial charge is 0.270 e. The summed E-state index contributed by atoms with van der Waals surface area (Å²) in [5.74, 6) is -0.389. The van der Waals surface area contributed by atoms with Gasteiger partial charge in [-0.1, -0.05) is 11.6 Å². The number of nitro groups is 1. The zero-order valence-electron chi connectivity index (χ0n) is 14.6. The fourth-order valence-corrected chi connectivity index (χ4v) is 3.13. The summed E-state index contributed by atoms with van der Waals surface area (Å²) in [4.78, 5) is 36.5. The van der Waals surface area contributed by atoms with Gasteiger partial charge in [-0.05, 0) is 25.3 Å². The molecule has 1 fully saturated rings. The van der Waals surface area contributed by atoms with Crippen molar-refractivity contribution in [3.05, 3.63) is 38.9 Å². The summed E-state index contributed by atoms with van der Waals surface area (Å²) in [6, 6.07) is 3.81. The van der Waals surface area contributed by atoms with E-state index in [1.54, 1.807) is 12.0 Å². The zero-order chi connectivity index (χ0) is 19.1. The molecular formula is C17H22ClN3O5. The number of hydrogen-bond acceptors (Lipinski definition) is 5. The van der Waals surface area contributed by atoms with Crippen LogP contribution in [0.3, 0.4) is 0 Å². The van der Waals surface area contributed by atoms with Gasteiger partial charge < -0.3 is 15.0 Å². The van der Waals surface area contributed by atoms with Gasteiger partial charge in [0.2, 0.25) is 5.91 Å². The normalized spacial score (nSPS) is 14.9. The first kappa shape index (κ1) is 20.1. The third-order valence-corrected chi connectivity index (χ3v) is 4.68. The topological polar surface area (TPSA) is 102 Å². The predicted molar refractivity (Wildman–Crippen MR) is 96.2 cm³/mol. The average molecular weight is 384 g/mol. The lowest BCUT2D eigenvalue weighted by atomic mass is 9.95.